The Bertz CT molecular complexity index is 462. The van der Waals surface area contributed by atoms with E-state index in [0.29, 0.717) is 19.8 Å². The van der Waals surface area contributed by atoms with E-state index < -0.39 is 6.29 Å². The number of aliphatic hydroxyl groups excluding tert-OH is 1. The highest BCUT2D eigenvalue weighted by Crippen LogP contribution is 2.33. The minimum absolute atomic E-state index is 0.0153. The molecular formula is C16H22O4. The van der Waals surface area contributed by atoms with Crippen LogP contribution in [0.25, 0.3) is 0 Å². The predicted molar refractivity (Wildman–Crippen MR) is 73.9 cm³/mol. The van der Waals surface area contributed by atoms with Crippen LogP contribution >= 0.6 is 0 Å². The van der Waals surface area contributed by atoms with E-state index in [-0.39, 0.29) is 24.0 Å². The number of hydrogen-bond donors (Lipinski definition) is 1. The van der Waals surface area contributed by atoms with Crippen molar-refractivity contribution in [2.24, 2.45) is 11.8 Å². The summed E-state index contributed by atoms with van der Waals surface area (Å²) in [4.78, 5) is 0. The summed E-state index contributed by atoms with van der Waals surface area (Å²) in [5.74, 6) is 0.173. The second kappa shape index (κ2) is 5.82. The van der Waals surface area contributed by atoms with Gasteiger partial charge in [-0.15, -0.1) is 0 Å². The summed E-state index contributed by atoms with van der Waals surface area (Å²) in [5.41, 5.74) is 2.32. The molecule has 20 heavy (non-hydrogen) atoms. The van der Waals surface area contributed by atoms with Crippen LogP contribution < -0.4 is 0 Å². The van der Waals surface area contributed by atoms with E-state index in [1.165, 1.54) is 0 Å². The molecule has 1 fully saturated rings. The Morgan fingerprint density at radius 1 is 1.05 bits per heavy atom. The molecule has 1 N–H and O–H groups in total. The van der Waals surface area contributed by atoms with Crippen LogP contribution in [0.1, 0.15) is 25.0 Å². The van der Waals surface area contributed by atoms with Crippen LogP contribution in [-0.4, -0.2) is 30.2 Å². The van der Waals surface area contributed by atoms with Crippen molar-refractivity contribution in [1.29, 1.82) is 0 Å². The van der Waals surface area contributed by atoms with Gasteiger partial charge >= 0.3 is 0 Å². The maximum atomic E-state index is 10.0. The quantitative estimate of drug-likeness (QED) is 0.789. The molecular weight excluding hydrogens is 256 g/mol. The Kier molecular flexibility index (Phi) is 4.08. The summed E-state index contributed by atoms with van der Waals surface area (Å²) in [7, 11) is 0. The highest BCUT2D eigenvalue weighted by Gasteiger charge is 2.41. The van der Waals surface area contributed by atoms with E-state index in [1.807, 2.05) is 19.1 Å². The van der Waals surface area contributed by atoms with Gasteiger partial charge in [-0.1, -0.05) is 38.1 Å². The lowest BCUT2D eigenvalue weighted by molar-refractivity contribution is -0.262. The van der Waals surface area contributed by atoms with Crippen molar-refractivity contribution in [3.63, 3.8) is 0 Å². The van der Waals surface area contributed by atoms with E-state index in [2.05, 4.69) is 19.1 Å². The van der Waals surface area contributed by atoms with Crippen molar-refractivity contribution in [2.75, 3.05) is 6.61 Å². The number of fused-ring (bicyclic) bond motifs is 3. The monoisotopic (exact) mass is 278 g/mol. The molecule has 2 aliphatic rings. The molecule has 0 radical (unpaired) electrons. The summed E-state index contributed by atoms with van der Waals surface area (Å²) in [6.07, 6.45) is -0.908. The van der Waals surface area contributed by atoms with E-state index >= 15 is 0 Å². The zero-order valence-corrected chi connectivity index (χ0v) is 12.0. The van der Waals surface area contributed by atoms with E-state index in [0.717, 1.165) is 11.1 Å². The zero-order valence-electron chi connectivity index (χ0n) is 12.0. The molecule has 4 heteroatoms. The Balaban J connectivity index is 1.86. The number of benzene rings is 1. The van der Waals surface area contributed by atoms with Crippen LogP contribution in [0.15, 0.2) is 24.3 Å². The lowest BCUT2D eigenvalue weighted by atomic mass is 9.85. The Hall–Kier alpha value is -0.940. The molecule has 1 saturated heterocycles. The molecule has 0 aromatic heterocycles. The standard InChI is InChI=1S/C16H22O4/c1-10-14-9-18-7-12-5-3-4-6-13(12)8-19-15(10)11(2)16(17)20-14/h3-6,10-11,14-17H,7-9H2,1-2H3/t10-,11+,14?,15?,16?/m1/s1. The maximum absolute atomic E-state index is 10.0. The first-order valence-electron chi connectivity index (χ1n) is 7.26. The first-order chi connectivity index (χ1) is 9.66. The number of ether oxygens (including phenoxy) is 3. The van der Waals surface area contributed by atoms with Crippen molar-refractivity contribution >= 4 is 0 Å². The van der Waals surface area contributed by atoms with Crippen LogP contribution in [0.5, 0.6) is 0 Å². The molecule has 110 valence electrons. The average molecular weight is 278 g/mol. The highest BCUT2D eigenvalue weighted by molar-refractivity contribution is 5.26. The SMILES string of the molecule is C[C@@H]1C(O)OC2COCc3ccccc3COC1[C@@H]2C. The van der Waals surface area contributed by atoms with Gasteiger partial charge in [-0.2, -0.15) is 0 Å². The second-order valence-electron chi connectivity index (χ2n) is 5.84. The fraction of sp³-hybridized carbons (Fsp3) is 0.625. The Labute approximate surface area is 119 Å². The van der Waals surface area contributed by atoms with Gasteiger partial charge in [0.2, 0.25) is 0 Å². The van der Waals surface area contributed by atoms with Crippen molar-refractivity contribution in [3.05, 3.63) is 35.4 Å². The average Bonchev–Trinajstić information content (AvgIpc) is 2.45. The second-order valence-corrected chi connectivity index (χ2v) is 5.84. The van der Waals surface area contributed by atoms with Gasteiger partial charge in [0, 0.05) is 11.8 Å². The molecule has 0 amide bonds. The molecule has 2 heterocycles. The van der Waals surface area contributed by atoms with Crippen LogP contribution in [0.4, 0.5) is 0 Å². The van der Waals surface area contributed by atoms with Crippen LogP contribution in [0, 0.1) is 11.8 Å². The molecule has 2 aliphatic heterocycles. The molecule has 5 atom stereocenters. The molecule has 2 bridgehead atoms. The van der Waals surface area contributed by atoms with Gasteiger partial charge in [-0.3, -0.25) is 0 Å². The van der Waals surface area contributed by atoms with E-state index in [9.17, 15) is 5.11 Å². The zero-order chi connectivity index (χ0) is 14.1. The number of aliphatic hydroxyl groups is 1. The Morgan fingerprint density at radius 3 is 2.50 bits per heavy atom. The highest BCUT2D eigenvalue weighted by atomic mass is 16.6. The largest absolute Gasteiger partial charge is 0.374 e. The molecule has 1 aromatic carbocycles. The van der Waals surface area contributed by atoms with Crippen LogP contribution in [0.3, 0.4) is 0 Å². The fourth-order valence-electron chi connectivity index (χ4n) is 3.08. The van der Waals surface area contributed by atoms with Crippen LogP contribution in [-0.2, 0) is 27.4 Å². The number of rotatable bonds is 0. The fourth-order valence-corrected chi connectivity index (χ4v) is 3.08. The van der Waals surface area contributed by atoms with Crippen LogP contribution in [0.2, 0.25) is 0 Å². The predicted octanol–water partition coefficient (Wildman–Crippen LogP) is 2.09. The molecule has 3 rings (SSSR count). The van der Waals surface area contributed by atoms with Gasteiger partial charge in [0.05, 0.1) is 32.0 Å². The van der Waals surface area contributed by atoms with Crippen molar-refractivity contribution < 1.29 is 19.3 Å². The lowest BCUT2D eigenvalue weighted by Gasteiger charge is -2.43. The number of hydrogen-bond acceptors (Lipinski definition) is 4. The van der Waals surface area contributed by atoms with E-state index in [1.54, 1.807) is 0 Å². The van der Waals surface area contributed by atoms with E-state index in [4.69, 9.17) is 14.2 Å². The van der Waals surface area contributed by atoms with Gasteiger partial charge in [-0.05, 0) is 11.1 Å². The maximum Gasteiger partial charge on any atom is 0.160 e. The third-order valence-electron chi connectivity index (χ3n) is 4.48. The van der Waals surface area contributed by atoms with Gasteiger partial charge in [0.25, 0.3) is 0 Å². The minimum Gasteiger partial charge on any atom is -0.374 e. The van der Waals surface area contributed by atoms with Crippen molar-refractivity contribution in [2.45, 2.75) is 45.6 Å². The normalized spacial score (nSPS) is 38.0. The molecule has 0 saturated carbocycles. The van der Waals surface area contributed by atoms with Gasteiger partial charge in [0.1, 0.15) is 0 Å². The van der Waals surface area contributed by atoms with Crippen molar-refractivity contribution in [1.82, 2.24) is 0 Å². The summed E-state index contributed by atoms with van der Waals surface area (Å²) in [5, 5.41) is 10.0. The summed E-state index contributed by atoms with van der Waals surface area (Å²) < 4.78 is 17.6. The molecule has 0 aliphatic carbocycles. The Morgan fingerprint density at radius 2 is 1.75 bits per heavy atom. The first kappa shape index (κ1) is 14.0. The minimum atomic E-state index is -0.778. The third kappa shape index (κ3) is 2.61. The summed E-state index contributed by atoms with van der Waals surface area (Å²) in [6.45, 7) is 5.68. The third-order valence-corrected chi connectivity index (χ3v) is 4.48. The molecule has 3 unspecified atom stereocenters. The topological polar surface area (TPSA) is 47.9 Å². The van der Waals surface area contributed by atoms with Gasteiger partial charge in [-0.25, -0.2) is 0 Å². The summed E-state index contributed by atoms with van der Waals surface area (Å²) >= 11 is 0. The van der Waals surface area contributed by atoms with Gasteiger partial charge < -0.3 is 19.3 Å². The summed E-state index contributed by atoms with van der Waals surface area (Å²) in [6, 6.07) is 8.17. The molecule has 4 nitrogen and oxygen atoms in total. The molecule has 1 aromatic rings. The lowest BCUT2D eigenvalue weighted by Crippen LogP contribution is -2.51. The molecule has 0 spiro atoms. The van der Waals surface area contributed by atoms with Crippen molar-refractivity contribution in [3.8, 4) is 0 Å². The first-order valence-corrected chi connectivity index (χ1v) is 7.26. The van der Waals surface area contributed by atoms with Gasteiger partial charge in [0.15, 0.2) is 6.29 Å². The smallest absolute Gasteiger partial charge is 0.160 e.